The van der Waals surface area contributed by atoms with Crippen molar-refractivity contribution in [2.45, 2.75) is 23.3 Å². The van der Waals surface area contributed by atoms with Gasteiger partial charge in [-0.25, -0.2) is 13.2 Å². The molecule has 0 bridgehead atoms. The first kappa shape index (κ1) is 17.6. The number of hydrogen-bond donors (Lipinski definition) is 1. The summed E-state index contributed by atoms with van der Waals surface area (Å²) in [4.78, 5) is 12.8. The van der Waals surface area contributed by atoms with Crippen molar-refractivity contribution in [1.29, 1.82) is 0 Å². The third-order valence-electron chi connectivity index (χ3n) is 3.96. The lowest BCUT2D eigenvalue weighted by atomic mass is 9.90. The Bertz CT molecular complexity index is 804. The van der Waals surface area contributed by atoms with Gasteiger partial charge in [0, 0.05) is 18.1 Å². The normalized spacial score (nSPS) is 17.5. The van der Waals surface area contributed by atoms with Crippen LogP contribution < -0.4 is 4.72 Å². The summed E-state index contributed by atoms with van der Waals surface area (Å²) in [6.45, 7) is 0.960. The summed E-state index contributed by atoms with van der Waals surface area (Å²) in [7, 11) is -2.64. The Balaban J connectivity index is 1.98. The summed E-state index contributed by atoms with van der Waals surface area (Å²) in [5.41, 5.74) is -0.708. The van der Waals surface area contributed by atoms with Gasteiger partial charge in [-0.3, -0.25) is 0 Å². The second-order valence-electron chi connectivity index (χ2n) is 5.38. The van der Waals surface area contributed by atoms with Crippen LogP contribution in [0.3, 0.4) is 0 Å². The van der Waals surface area contributed by atoms with Crippen molar-refractivity contribution in [3.63, 3.8) is 0 Å². The molecule has 1 N–H and O–H groups in total. The maximum absolute atomic E-state index is 13.0. The predicted molar refractivity (Wildman–Crippen MR) is 92.0 cm³/mol. The monoisotopic (exact) mass is 387 g/mol. The summed E-state index contributed by atoms with van der Waals surface area (Å²) in [5, 5.41) is 3.49. The largest absolute Gasteiger partial charge is 0.465 e. The maximum atomic E-state index is 13.0. The van der Waals surface area contributed by atoms with E-state index in [4.69, 9.17) is 4.74 Å². The average Bonchev–Trinajstić information content (AvgIpc) is 3.26. The zero-order chi connectivity index (χ0) is 17.2. The summed E-state index contributed by atoms with van der Waals surface area (Å²) < 4.78 is 38.8. The number of esters is 1. The molecular formula is C15H17NO5S3. The van der Waals surface area contributed by atoms with Crippen LogP contribution in [0.1, 0.15) is 27.4 Å². The highest BCUT2D eigenvalue weighted by Crippen LogP contribution is 2.37. The highest BCUT2D eigenvalue weighted by molar-refractivity contribution is 7.89. The Morgan fingerprint density at radius 3 is 2.62 bits per heavy atom. The van der Waals surface area contributed by atoms with Gasteiger partial charge in [0.15, 0.2) is 0 Å². The van der Waals surface area contributed by atoms with Crippen molar-refractivity contribution < 1.29 is 22.7 Å². The van der Waals surface area contributed by atoms with Crippen molar-refractivity contribution in [1.82, 2.24) is 4.72 Å². The van der Waals surface area contributed by atoms with Gasteiger partial charge in [-0.15, -0.1) is 22.7 Å². The molecule has 24 heavy (non-hydrogen) atoms. The fourth-order valence-corrected chi connectivity index (χ4v) is 6.52. The fourth-order valence-electron chi connectivity index (χ4n) is 2.73. The molecular weight excluding hydrogens is 370 g/mol. The molecule has 0 aliphatic carbocycles. The number of sulfonamides is 1. The molecule has 0 saturated carbocycles. The standard InChI is InChI=1S/C15H17NO5S3/c1-20-14(17)13-11(4-10-23-13)24(18,19)16-15(5-7-21-8-6-15)12-3-2-9-22-12/h2-4,9-10,16H,5-8H2,1H3. The molecule has 1 aliphatic rings. The topological polar surface area (TPSA) is 81.7 Å². The molecule has 1 aliphatic heterocycles. The van der Waals surface area contributed by atoms with Crippen molar-refractivity contribution in [3.05, 3.63) is 38.7 Å². The average molecular weight is 388 g/mol. The van der Waals surface area contributed by atoms with Gasteiger partial charge in [0.2, 0.25) is 10.0 Å². The molecule has 0 radical (unpaired) electrons. The van der Waals surface area contributed by atoms with E-state index in [-0.39, 0.29) is 9.77 Å². The molecule has 0 atom stereocenters. The molecule has 2 aromatic heterocycles. The van der Waals surface area contributed by atoms with Crippen LogP contribution in [0.15, 0.2) is 33.9 Å². The molecule has 1 fully saturated rings. The number of ether oxygens (including phenoxy) is 2. The predicted octanol–water partition coefficient (Wildman–Crippen LogP) is 2.58. The quantitative estimate of drug-likeness (QED) is 0.798. The van der Waals surface area contributed by atoms with Gasteiger partial charge >= 0.3 is 5.97 Å². The molecule has 0 spiro atoms. The van der Waals surface area contributed by atoms with Crippen molar-refractivity contribution in [2.75, 3.05) is 20.3 Å². The summed E-state index contributed by atoms with van der Waals surface area (Å²) in [6, 6.07) is 5.25. The lowest BCUT2D eigenvalue weighted by Gasteiger charge is -2.36. The van der Waals surface area contributed by atoms with Crippen LogP contribution in [-0.2, 0) is 25.0 Å². The molecule has 2 aromatic rings. The first-order valence-corrected chi connectivity index (χ1v) is 10.5. The summed E-state index contributed by atoms with van der Waals surface area (Å²) >= 11 is 2.56. The van der Waals surface area contributed by atoms with Crippen LogP contribution in [0.2, 0.25) is 0 Å². The number of hydrogen-bond acceptors (Lipinski definition) is 7. The van der Waals surface area contributed by atoms with Crippen molar-refractivity contribution in [2.24, 2.45) is 0 Å². The minimum absolute atomic E-state index is 0.0400. The first-order chi connectivity index (χ1) is 11.5. The SMILES string of the molecule is COC(=O)c1sccc1S(=O)(=O)NC1(c2cccs2)CCOCC1. The van der Waals surface area contributed by atoms with E-state index in [1.54, 1.807) is 5.38 Å². The Hall–Kier alpha value is -1.26. The molecule has 9 heteroatoms. The lowest BCUT2D eigenvalue weighted by molar-refractivity contribution is 0.0471. The smallest absolute Gasteiger partial charge is 0.349 e. The molecule has 6 nitrogen and oxygen atoms in total. The molecule has 0 aromatic carbocycles. The Morgan fingerprint density at radius 2 is 2.00 bits per heavy atom. The molecule has 0 amide bonds. The van der Waals surface area contributed by atoms with E-state index in [9.17, 15) is 13.2 Å². The minimum atomic E-state index is -3.88. The van der Waals surface area contributed by atoms with Crippen LogP contribution in [0, 0.1) is 0 Å². The van der Waals surface area contributed by atoms with Gasteiger partial charge in [0.25, 0.3) is 0 Å². The zero-order valence-corrected chi connectivity index (χ0v) is 15.4. The van der Waals surface area contributed by atoms with E-state index in [1.165, 1.54) is 24.5 Å². The maximum Gasteiger partial charge on any atom is 0.349 e. The van der Waals surface area contributed by atoms with Crippen LogP contribution in [0.4, 0.5) is 0 Å². The van der Waals surface area contributed by atoms with E-state index in [0.717, 1.165) is 16.2 Å². The highest BCUT2D eigenvalue weighted by Gasteiger charge is 2.40. The van der Waals surface area contributed by atoms with Gasteiger partial charge < -0.3 is 9.47 Å². The first-order valence-electron chi connectivity index (χ1n) is 7.30. The number of carbonyl (C=O) groups excluding carboxylic acids is 1. The van der Waals surface area contributed by atoms with Crippen molar-refractivity contribution >= 4 is 38.7 Å². The molecule has 3 heterocycles. The zero-order valence-electron chi connectivity index (χ0n) is 13.0. The number of methoxy groups -OCH3 is 1. The Kier molecular flexibility index (Phi) is 5.07. The van der Waals surface area contributed by atoms with Gasteiger partial charge in [0.1, 0.15) is 9.77 Å². The Labute approximate surface area is 148 Å². The number of nitrogens with one attached hydrogen (secondary N) is 1. The summed E-state index contributed by atoms with van der Waals surface area (Å²) in [5.74, 6) is -0.650. The lowest BCUT2D eigenvalue weighted by Crippen LogP contribution is -2.49. The molecule has 3 rings (SSSR count). The molecule has 0 unspecified atom stereocenters. The molecule has 130 valence electrons. The van der Waals surface area contributed by atoms with Gasteiger partial charge in [-0.05, 0) is 35.7 Å². The third-order valence-corrected chi connectivity index (χ3v) is 7.63. The minimum Gasteiger partial charge on any atom is -0.465 e. The van der Waals surface area contributed by atoms with E-state index in [0.29, 0.717) is 26.1 Å². The van der Waals surface area contributed by atoms with E-state index < -0.39 is 21.5 Å². The number of thiophene rings is 2. The van der Waals surface area contributed by atoms with E-state index in [2.05, 4.69) is 9.46 Å². The highest BCUT2D eigenvalue weighted by atomic mass is 32.2. The summed E-state index contributed by atoms with van der Waals surface area (Å²) in [6.07, 6.45) is 1.09. The second-order valence-corrected chi connectivity index (χ2v) is 8.90. The van der Waals surface area contributed by atoms with Crippen LogP contribution in [0.5, 0.6) is 0 Å². The van der Waals surface area contributed by atoms with Crippen molar-refractivity contribution in [3.8, 4) is 0 Å². The van der Waals surface area contributed by atoms with E-state index in [1.807, 2.05) is 17.5 Å². The van der Waals surface area contributed by atoms with Crippen LogP contribution in [-0.4, -0.2) is 34.7 Å². The number of carbonyl (C=O) groups is 1. The van der Waals surface area contributed by atoms with Crippen LogP contribution >= 0.6 is 22.7 Å². The van der Waals surface area contributed by atoms with Gasteiger partial charge in [0.05, 0.1) is 12.6 Å². The Morgan fingerprint density at radius 1 is 1.25 bits per heavy atom. The van der Waals surface area contributed by atoms with E-state index >= 15 is 0 Å². The molecule has 1 saturated heterocycles. The van der Waals surface area contributed by atoms with Gasteiger partial charge in [-0.2, -0.15) is 4.72 Å². The number of rotatable bonds is 5. The van der Waals surface area contributed by atoms with Crippen LogP contribution in [0.25, 0.3) is 0 Å². The van der Waals surface area contributed by atoms with Gasteiger partial charge in [-0.1, -0.05) is 6.07 Å². The second kappa shape index (κ2) is 6.93. The fraction of sp³-hybridized carbons (Fsp3) is 0.400. The third kappa shape index (κ3) is 3.27.